The predicted octanol–water partition coefficient (Wildman–Crippen LogP) is 1.49. The third kappa shape index (κ3) is 3.70. The lowest BCUT2D eigenvalue weighted by Gasteiger charge is -2.21. The van der Waals surface area contributed by atoms with E-state index in [2.05, 4.69) is 0 Å². The molecule has 2 atom stereocenters. The molecule has 0 spiro atoms. The van der Waals surface area contributed by atoms with Crippen LogP contribution in [0.3, 0.4) is 0 Å². The van der Waals surface area contributed by atoms with Crippen LogP contribution in [0.15, 0.2) is 0 Å². The van der Waals surface area contributed by atoms with E-state index < -0.39 is 12.1 Å². The van der Waals surface area contributed by atoms with Gasteiger partial charge in [-0.3, -0.25) is 4.79 Å². The molecule has 2 rings (SSSR count). The highest BCUT2D eigenvalue weighted by Gasteiger charge is 2.46. The van der Waals surface area contributed by atoms with Crippen molar-refractivity contribution in [2.24, 2.45) is 0 Å². The Morgan fingerprint density at radius 2 is 1.94 bits per heavy atom. The van der Waals surface area contributed by atoms with Gasteiger partial charge in [0, 0.05) is 6.42 Å². The lowest BCUT2D eigenvalue weighted by molar-refractivity contribution is -0.152. The van der Waals surface area contributed by atoms with Crippen molar-refractivity contribution in [3.05, 3.63) is 0 Å². The quantitative estimate of drug-likeness (QED) is 0.584. The number of carboxylic acid groups (broad SMARTS) is 1. The Kier molecular flexibility index (Phi) is 3.99. The highest BCUT2D eigenvalue weighted by atomic mass is 16.6. The van der Waals surface area contributed by atoms with Crippen molar-refractivity contribution in [1.29, 1.82) is 0 Å². The van der Waals surface area contributed by atoms with Gasteiger partial charge in [-0.15, -0.1) is 0 Å². The van der Waals surface area contributed by atoms with Crippen molar-refractivity contribution >= 4 is 11.9 Å². The van der Waals surface area contributed by atoms with Crippen LogP contribution in [-0.4, -0.2) is 35.4 Å². The topological polar surface area (TPSA) is 76.1 Å². The van der Waals surface area contributed by atoms with Crippen molar-refractivity contribution in [1.82, 2.24) is 0 Å². The smallest absolute Gasteiger partial charge is 0.338 e. The Morgan fingerprint density at radius 3 is 2.59 bits per heavy atom. The van der Waals surface area contributed by atoms with E-state index in [4.69, 9.17) is 14.6 Å². The molecule has 5 heteroatoms. The third-order valence-electron chi connectivity index (χ3n) is 3.29. The zero-order valence-corrected chi connectivity index (χ0v) is 9.76. The van der Waals surface area contributed by atoms with E-state index in [1.165, 1.54) is 6.42 Å². The summed E-state index contributed by atoms with van der Waals surface area (Å²) < 4.78 is 10.5. The summed E-state index contributed by atoms with van der Waals surface area (Å²) in [6, 6.07) is 0. The molecule has 5 nitrogen and oxygen atoms in total. The average molecular weight is 242 g/mol. The molecule has 0 bridgehead atoms. The monoisotopic (exact) mass is 242 g/mol. The number of carbonyl (C=O) groups excluding carboxylic acids is 1. The first kappa shape index (κ1) is 12.4. The molecule has 2 aliphatic rings. The minimum absolute atomic E-state index is 0.0396. The Hall–Kier alpha value is -1.10. The third-order valence-corrected chi connectivity index (χ3v) is 3.29. The van der Waals surface area contributed by atoms with Crippen molar-refractivity contribution in [2.45, 2.75) is 63.3 Å². The van der Waals surface area contributed by atoms with Gasteiger partial charge >= 0.3 is 11.9 Å². The Morgan fingerprint density at radius 1 is 1.24 bits per heavy atom. The molecule has 0 aromatic carbocycles. The maximum atomic E-state index is 11.6. The van der Waals surface area contributed by atoms with Gasteiger partial charge in [0.25, 0.3) is 0 Å². The predicted molar refractivity (Wildman–Crippen MR) is 58.5 cm³/mol. The van der Waals surface area contributed by atoms with E-state index in [9.17, 15) is 9.59 Å². The second-order valence-corrected chi connectivity index (χ2v) is 4.72. The van der Waals surface area contributed by atoms with E-state index in [0.717, 1.165) is 25.7 Å². The van der Waals surface area contributed by atoms with Crippen molar-refractivity contribution in [3.8, 4) is 0 Å². The molecule has 1 aliphatic heterocycles. The SMILES string of the molecule is O=C(O)CCC1OC1C(=O)OC1CCCCC1. The summed E-state index contributed by atoms with van der Waals surface area (Å²) in [6.45, 7) is 0. The largest absolute Gasteiger partial charge is 0.481 e. The van der Waals surface area contributed by atoms with Gasteiger partial charge in [-0.1, -0.05) is 6.42 Å². The summed E-state index contributed by atoms with van der Waals surface area (Å²) in [7, 11) is 0. The number of esters is 1. The van der Waals surface area contributed by atoms with Crippen LogP contribution < -0.4 is 0 Å². The molecule has 2 unspecified atom stereocenters. The average Bonchev–Trinajstić information content (AvgIpc) is 3.07. The van der Waals surface area contributed by atoms with Gasteiger partial charge in [0.15, 0.2) is 6.10 Å². The molecule has 0 amide bonds. The molecule has 1 saturated heterocycles. The Bertz CT molecular complexity index is 295. The van der Waals surface area contributed by atoms with Crippen molar-refractivity contribution in [3.63, 3.8) is 0 Å². The van der Waals surface area contributed by atoms with E-state index in [-0.39, 0.29) is 24.6 Å². The molecular weight excluding hydrogens is 224 g/mol. The summed E-state index contributed by atoms with van der Waals surface area (Å²) in [4.78, 5) is 22.0. The molecule has 0 aromatic rings. The summed E-state index contributed by atoms with van der Waals surface area (Å²) in [6.07, 6.45) is 5.04. The molecule has 1 N–H and O–H groups in total. The van der Waals surface area contributed by atoms with E-state index >= 15 is 0 Å². The summed E-state index contributed by atoms with van der Waals surface area (Å²) in [5.41, 5.74) is 0. The van der Waals surface area contributed by atoms with Crippen molar-refractivity contribution in [2.75, 3.05) is 0 Å². The number of hydrogen-bond donors (Lipinski definition) is 1. The summed E-state index contributed by atoms with van der Waals surface area (Å²) >= 11 is 0. The standard InChI is InChI=1S/C12H18O5/c13-10(14)7-6-9-11(17-9)12(15)16-8-4-2-1-3-5-8/h8-9,11H,1-7H2,(H,13,14). The van der Waals surface area contributed by atoms with Crippen LogP contribution in [0, 0.1) is 0 Å². The van der Waals surface area contributed by atoms with Gasteiger partial charge in [0.05, 0.1) is 6.10 Å². The van der Waals surface area contributed by atoms with Crippen LogP contribution >= 0.6 is 0 Å². The first-order chi connectivity index (χ1) is 8.16. The zero-order chi connectivity index (χ0) is 12.3. The lowest BCUT2D eigenvalue weighted by Crippen LogP contribution is -2.24. The maximum absolute atomic E-state index is 11.6. The summed E-state index contributed by atoms with van der Waals surface area (Å²) in [5.74, 6) is -1.17. The normalized spacial score (nSPS) is 28.7. The van der Waals surface area contributed by atoms with Gasteiger partial charge in [-0.05, 0) is 32.1 Å². The van der Waals surface area contributed by atoms with Gasteiger partial charge in [-0.2, -0.15) is 0 Å². The Labute approximate surface area is 100 Å². The summed E-state index contributed by atoms with van der Waals surface area (Å²) in [5, 5.41) is 8.50. The number of rotatable bonds is 5. The highest BCUT2D eigenvalue weighted by molar-refractivity contribution is 5.78. The molecule has 96 valence electrons. The van der Waals surface area contributed by atoms with Crippen LogP contribution in [-0.2, 0) is 19.1 Å². The second kappa shape index (κ2) is 5.49. The number of aliphatic carboxylic acids is 1. The molecule has 1 aliphatic carbocycles. The van der Waals surface area contributed by atoms with Crippen LogP contribution in [0.4, 0.5) is 0 Å². The molecule has 1 saturated carbocycles. The number of carbonyl (C=O) groups is 2. The fourth-order valence-corrected chi connectivity index (χ4v) is 2.25. The van der Waals surface area contributed by atoms with E-state index in [1.54, 1.807) is 0 Å². The molecule has 0 aromatic heterocycles. The lowest BCUT2D eigenvalue weighted by atomic mass is 9.98. The van der Waals surface area contributed by atoms with Gasteiger partial charge < -0.3 is 14.6 Å². The van der Waals surface area contributed by atoms with Gasteiger partial charge in [-0.25, -0.2) is 4.79 Å². The molecular formula is C12H18O5. The molecule has 17 heavy (non-hydrogen) atoms. The van der Waals surface area contributed by atoms with Crippen LogP contribution in [0.25, 0.3) is 0 Å². The number of hydrogen-bond acceptors (Lipinski definition) is 4. The van der Waals surface area contributed by atoms with E-state index in [0.29, 0.717) is 6.42 Å². The highest BCUT2D eigenvalue weighted by Crippen LogP contribution is 2.29. The zero-order valence-electron chi connectivity index (χ0n) is 9.76. The fraction of sp³-hybridized carbons (Fsp3) is 0.833. The van der Waals surface area contributed by atoms with Crippen LogP contribution in [0.5, 0.6) is 0 Å². The molecule has 1 heterocycles. The maximum Gasteiger partial charge on any atom is 0.338 e. The van der Waals surface area contributed by atoms with Crippen LogP contribution in [0.1, 0.15) is 44.9 Å². The second-order valence-electron chi connectivity index (χ2n) is 4.72. The minimum atomic E-state index is -0.861. The Balaban J connectivity index is 1.66. The van der Waals surface area contributed by atoms with Gasteiger partial charge in [0.1, 0.15) is 6.10 Å². The number of epoxide rings is 1. The van der Waals surface area contributed by atoms with Crippen LogP contribution in [0.2, 0.25) is 0 Å². The van der Waals surface area contributed by atoms with Crippen molar-refractivity contribution < 1.29 is 24.2 Å². The van der Waals surface area contributed by atoms with Gasteiger partial charge in [0.2, 0.25) is 0 Å². The number of carboxylic acids is 1. The van der Waals surface area contributed by atoms with E-state index in [1.807, 2.05) is 0 Å². The fourth-order valence-electron chi connectivity index (χ4n) is 2.25. The minimum Gasteiger partial charge on any atom is -0.481 e. The molecule has 2 fully saturated rings. The molecule has 0 radical (unpaired) electrons. The number of ether oxygens (including phenoxy) is 2. The first-order valence-corrected chi connectivity index (χ1v) is 6.24. The first-order valence-electron chi connectivity index (χ1n) is 6.24.